The third kappa shape index (κ3) is 21.1. The molecule has 2 aliphatic rings. The maximum atomic E-state index is 14.1. The van der Waals surface area contributed by atoms with Gasteiger partial charge < -0.3 is 19.5 Å². The first kappa shape index (κ1) is 48.0. The number of carbonyl (C=O) groups is 2. The minimum absolute atomic E-state index is 0.0295. The number of aliphatic hydroxyl groups excluding tert-OH is 1. The molecule has 0 amide bonds. The van der Waals surface area contributed by atoms with Crippen LogP contribution < -0.4 is 0 Å². The van der Waals surface area contributed by atoms with E-state index in [0.29, 0.717) is 0 Å². The number of hydrogen-bond donors (Lipinski definition) is 1. The van der Waals surface area contributed by atoms with Crippen molar-refractivity contribution in [2.75, 3.05) is 26.2 Å². The highest BCUT2D eigenvalue weighted by Crippen LogP contribution is 2.49. The van der Waals surface area contributed by atoms with Crippen LogP contribution in [0.25, 0.3) is 0 Å². The van der Waals surface area contributed by atoms with E-state index in [0.717, 1.165) is 110 Å². The number of aliphatic hydroxyl groups is 1. The fourth-order valence-corrected chi connectivity index (χ4v) is 9.12. The zero-order valence-electron chi connectivity index (χ0n) is 35.8. The van der Waals surface area contributed by atoms with Crippen LogP contribution in [0.1, 0.15) is 233 Å². The van der Waals surface area contributed by atoms with Crippen LogP contribution in [0.5, 0.6) is 0 Å². The molecule has 0 bridgehead atoms. The molecular formula is C47H89NO5. The molecular weight excluding hydrogens is 659 g/mol. The van der Waals surface area contributed by atoms with Crippen molar-refractivity contribution in [1.29, 1.82) is 0 Å². The molecule has 0 aromatic heterocycles. The van der Waals surface area contributed by atoms with E-state index in [4.69, 9.17) is 9.47 Å². The predicted octanol–water partition coefficient (Wildman–Crippen LogP) is 12.9. The summed E-state index contributed by atoms with van der Waals surface area (Å²) in [6, 6.07) is 0. The Morgan fingerprint density at radius 3 is 1.21 bits per heavy atom. The molecule has 4 atom stereocenters. The van der Waals surface area contributed by atoms with Crippen molar-refractivity contribution in [2.45, 2.75) is 245 Å². The van der Waals surface area contributed by atoms with Crippen molar-refractivity contribution in [3.63, 3.8) is 0 Å². The number of piperidine rings is 1. The second-order valence-corrected chi connectivity index (χ2v) is 17.5. The molecule has 1 spiro atoms. The van der Waals surface area contributed by atoms with Gasteiger partial charge in [-0.2, -0.15) is 0 Å². The topological polar surface area (TPSA) is 76.1 Å². The van der Waals surface area contributed by atoms with Gasteiger partial charge in [-0.3, -0.25) is 9.59 Å². The van der Waals surface area contributed by atoms with Crippen LogP contribution in [0.15, 0.2) is 0 Å². The maximum absolute atomic E-state index is 14.1. The number of hydrogen-bond acceptors (Lipinski definition) is 6. The monoisotopic (exact) mass is 748 g/mol. The lowest BCUT2D eigenvalue weighted by Gasteiger charge is -2.39. The Morgan fingerprint density at radius 2 is 0.868 bits per heavy atom. The van der Waals surface area contributed by atoms with Crippen LogP contribution in [0.3, 0.4) is 0 Å². The lowest BCUT2D eigenvalue weighted by molar-refractivity contribution is -0.171. The molecule has 312 valence electrons. The number of unbranched alkanes of at least 4 members (excludes halogenated alkanes) is 19. The lowest BCUT2D eigenvalue weighted by atomic mass is 9.76. The summed E-state index contributed by atoms with van der Waals surface area (Å²) in [5, 5.41) is 9.29. The molecule has 0 aromatic rings. The lowest BCUT2D eigenvalue weighted by Crippen LogP contribution is -2.40. The Morgan fingerprint density at radius 1 is 0.528 bits per heavy atom. The van der Waals surface area contributed by atoms with Gasteiger partial charge in [-0.25, -0.2) is 0 Å². The predicted molar refractivity (Wildman–Crippen MR) is 223 cm³/mol. The van der Waals surface area contributed by atoms with Crippen molar-refractivity contribution >= 4 is 11.9 Å². The number of rotatable bonds is 34. The molecule has 2 fully saturated rings. The van der Waals surface area contributed by atoms with E-state index in [2.05, 4.69) is 32.6 Å². The van der Waals surface area contributed by atoms with Crippen LogP contribution in [0.4, 0.5) is 0 Å². The molecule has 1 heterocycles. The van der Waals surface area contributed by atoms with Crippen molar-refractivity contribution in [1.82, 2.24) is 4.90 Å². The van der Waals surface area contributed by atoms with E-state index < -0.39 is 0 Å². The first-order valence-corrected chi connectivity index (χ1v) is 23.7. The van der Waals surface area contributed by atoms with E-state index in [1.807, 2.05) is 0 Å². The smallest absolute Gasteiger partial charge is 0.309 e. The summed E-state index contributed by atoms with van der Waals surface area (Å²) in [4.78, 5) is 30.7. The van der Waals surface area contributed by atoms with Gasteiger partial charge in [0.2, 0.25) is 0 Å². The van der Waals surface area contributed by atoms with Gasteiger partial charge in [0.1, 0.15) is 12.2 Å². The van der Waals surface area contributed by atoms with E-state index in [1.165, 1.54) is 116 Å². The molecule has 53 heavy (non-hydrogen) atoms. The van der Waals surface area contributed by atoms with Gasteiger partial charge in [0.05, 0.1) is 11.8 Å². The van der Waals surface area contributed by atoms with Crippen molar-refractivity contribution < 1.29 is 24.2 Å². The van der Waals surface area contributed by atoms with Gasteiger partial charge in [-0.1, -0.05) is 169 Å². The molecule has 1 N–H and O–H groups in total. The van der Waals surface area contributed by atoms with Crippen LogP contribution in [0, 0.1) is 17.3 Å². The normalized spacial score (nSPS) is 19.8. The summed E-state index contributed by atoms with van der Waals surface area (Å²) in [5.41, 5.74) is 0.0627. The minimum atomic E-state index is -0.334. The molecule has 6 nitrogen and oxygen atoms in total. The van der Waals surface area contributed by atoms with E-state index in [1.54, 1.807) is 0 Å². The summed E-state index contributed by atoms with van der Waals surface area (Å²) in [5.74, 6) is -0.156. The summed E-state index contributed by atoms with van der Waals surface area (Å²) >= 11 is 0. The third-order valence-corrected chi connectivity index (χ3v) is 12.8. The van der Waals surface area contributed by atoms with Gasteiger partial charge >= 0.3 is 11.9 Å². The van der Waals surface area contributed by atoms with Crippen LogP contribution in [0.2, 0.25) is 0 Å². The molecule has 1 saturated heterocycles. The van der Waals surface area contributed by atoms with Crippen molar-refractivity contribution in [3.05, 3.63) is 0 Å². The zero-order chi connectivity index (χ0) is 38.4. The molecule has 1 aliphatic heterocycles. The summed E-state index contributed by atoms with van der Waals surface area (Å²) in [6.45, 7) is 12.4. The fraction of sp³-hybridized carbons (Fsp3) is 0.957. The van der Waals surface area contributed by atoms with Crippen LogP contribution >= 0.6 is 0 Å². The number of likely N-dealkylation sites (tertiary alicyclic amines) is 1. The summed E-state index contributed by atoms with van der Waals surface area (Å²) in [6.07, 6.45) is 35.4. The maximum Gasteiger partial charge on any atom is 0.309 e. The van der Waals surface area contributed by atoms with Gasteiger partial charge in [0.15, 0.2) is 0 Å². The second kappa shape index (κ2) is 31.0. The van der Waals surface area contributed by atoms with Crippen LogP contribution in [-0.4, -0.2) is 60.4 Å². The second-order valence-electron chi connectivity index (χ2n) is 17.5. The van der Waals surface area contributed by atoms with Crippen LogP contribution in [-0.2, 0) is 19.1 Å². The molecule has 0 radical (unpaired) electrons. The minimum Gasteiger partial charge on any atom is -0.458 e. The van der Waals surface area contributed by atoms with E-state index in [-0.39, 0.29) is 48.0 Å². The van der Waals surface area contributed by atoms with E-state index in [9.17, 15) is 14.7 Å². The van der Waals surface area contributed by atoms with Gasteiger partial charge in [-0.05, 0) is 89.3 Å². The number of esters is 2. The molecule has 1 saturated carbocycles. The fourth-order valence-electron chi connectivity index (χ4n) is 9.12. The highest BCUT2D eigenvalue weighted by Gasteiger charge is 2.50. The Hall–Kier alpha value is -1.14. The Kier molecular flexibility index (Phi) is 28.1. The largest absolute Gasteiger partial charge is 0.458 e. The highest BCUT2D eigenvalue weighted by molar-refractivity contribution is 5.74. The third-order valence-electron chi connectivity index (χ3n) is 12.8. The quantitative estimate of drug-likeness (QED) is 0.0522. The molecule has 2 rings (SSSR count). The number of nitrogens with zero attached hydrogens (tertiary/aromatic N) is 1. The van der Waals surface area contributed by atoms with Crippen molar-refractivity contribution in [2.24, 2.45) is 17.3 Å². The first-order valence-electron chi connectivity index (χ1n) is 23.7. The standard InChI is InChI=1S/C47H89NO5/c1-5-9-13-17-21-25-31-41(29-23-19-15-11-7-3)45(50)52-43-39-47(33-36-48(37-34-47)35-27-28-38-49)40-44(43)53-46(51)42(30-24-20-16-12-8-4)32-26-22-18-14-10-6-2/h41-44,49H,5-40H2,1-4H3/t41?,42?,43-,44-/m1/s1. The van der Waals surface area contributed by atoms with Crippen molar-refractivity contribution in [3.8, 4) is 0 Å². The Labute approximate surface area is 329 Å². The average molecular weight is 748 g/mol. The molecule has 1 aliphatic carbocycles. The molecule has 6 heteroatoms. The SMILES string of the molecule is CCCCCCCCC(CCCCCCC)C(=O)O[C@@H]1CC2(CCN(CCCCO)CC2)C[C@H]1OC(=O)C(CCCCCCC)CCCCCCCC. The summed E-state index contributed by atoms with van der Waals surface area (Å²) in [7, 11) is 0. The Bertz CT molecular complexity index is 828. The Balaban J connectivity index is 2.16. The first-order chi connectivity index (χ1) is 25.9. The summed E-state index contributed by atoms with van der Waals surface area (Å²) < 4.78 is 13.2. The molecule has 0 aromatic carbocycles. The average Bonchev–Trinajstić information content (AvgIpc) is 3.48. The number of ether oxygens (including phenoxy) is 2. The van der Waals surface area contributed by atoms with E-state index >= 15 is 0 Å². The van der Waals surface area contributed by atoms with Gasteiger partial charge in [-0.15, -0.1) is 0 Å². The van der Waals surface area contributed by atoms with Gasteiger partial charge in [0.25, 0.3) is 0 Å². The highest BCUT2D eigenvalue weighted by atomic mass is 16.6. The molecule has 2 unspecified atom stereocenters. The van der Waals surface area contributed by atoms with Gasteiger partial charge in [0, 0.05) is 6.61 Å². The zero-order valence-corrected chi connectivity index (χ0v) is 35.8. The number of carbonyl (C=O) groups excluding carboxylic acids is 2.